The van der Waals surface area contributed by atoms with Gasteiger partial charge in [0.1, 0.15) is 6.04 Å². The Morgan fingerprint density at radius 3 is 2.80 bits per heavy atom. The van der Waals surface area contributed by atoms with Crippen molar-refractivity contribution in [2.24, 2.45) is 0 Å². The average molecular weight is 362 g/mol. The van der Waals surface area contributed by atoms with Gasteiger partial charge in [0.25, 0.3) is 0 Å². The van der Waals surface area contributed by atoms with E-state index < -0.39 is 6.04 Å². The molecule has 25 heavy (non-hydrogen) atoms. The summed E-state index contributed by atoms with van der Waals surface area (Å²) in [5, 5.41) is 7.15. The summed E-state index contributed by atoms with van der Waals surface area (Å²) in [5.74, 6) is 1.58. The molecule has 134 valence electrons. The van der Waals surface area contributed by atoms with E-state index in [1.165, 1.54) is 11.5 Å². The number of hydrogen-bond donors (Lipinski definition) is 1. The van der Waals surface area contributed by atoms with E-state index in [0.717, 1.165) is 16.1 Å². The average Bonchev–Trinajstić information content (AvgIpc) is 3.21. The molecular weight excluding hydrogens is 340 g/mol. The van der Waals surface area contributed by atoms with E-state index in [-0.39, 0.29) is 18.6 Å². The lowest BCUT2D eigenvalue weighted by atomic mass is 10.0. The summed E-state index contributed by atoms with van der Waals surface area (Å²) in [7, 11) is 3.76. The van der Waals surface area contributed by atoms with Gasteiger partial charge in [-0.15, -0.1) is 5.10 Å². The van der Waals surface area contributed by atoms with Crippen LogP contribution in [0.25, 0.3) is 0 Å². The molecule has 1 N–H and O–H groups in total. The Morgan fingerprint density at radius 1 is 1.32 bits per heavy atom. The fourth-order valence-corrected chi connectivity index (χ4v) is 3.54. The number of likely N-dealkylation sites (N-methyl/N-ethyl adjacent to an activating group) is 1. The Bertz CT molecular complexity index is 760. The van der Waals surface area contributed by atoms with Crippen LogP contribution in [0.4, 0.5) is 0 Å². The number of hydrogen-bond acceptors (Lipinski definition) is 7. The quantitative estimate of drug-likeness (QED) is 0.850. The molecule has 7 nitrogen and oxygen atoms in total. The van der Waals surface area contributed by atoms with Gasteiger partial charge in [-0.2, -0.15) is 0 Å². The van der Waals surface area contributed by atoms with E-state index in [1.54, 1.807) is 0 Å². The number of carbonyl (C=O) groups excluding carboxylic acids is 1. The molecule has 0 saturated heterocycles. The fraction of sp³-hybridized carbons (Fsp3) is 0.471. The normalized spacial score (nSPS) is 14.2. The Morgan fingerprint density at radius 2 is 2.08 bits per heavy atom. The predicted octanol–water partition coefficient (Wildman–Crippen LogP) is 2.31. The molecule has 1 aromatic heterocycles. The molecule has 0 saturated carbocycles. The number of ether oxygens (including phenoxy) is 2. The number of fused-ring (bicyclic) bond motifs is 1. The zero-order valence-corrected chi connectivity index (χ0v) is 15.6. The highest BCUT2D eigenvalue weighted by molar-refractivity contribution is 7.05. The van der Waals surface area contributed by atoms with Crippen molar-refractivity contribution in [2.45, 2.75) is 32.4 Å². The largest absolute Gasteiger partial charge is 0.454 e. The predicted molar refractivity (Wildman–Crippen MR) is 94.8 cm³/mol. The Hall–Kier alpha value is -2.19. The summed E-state index contributed by atoms with van der Waals surface area (Å²) in [6.45, 7) is 4.78. The van der Waals surface area contributed by atoms with Crippen LogP contribution in [0.5, 0.6) is 11.5 Å². The molecule has 0 fully saturated rings. The summed E-state index contributed by atoms with van der Waals surface area (Å²) in [4.78, 5) is 15.7. The third-order valence-corrected chi connectivity index (χ3v) is 4.77. The number of carbonyl (C=O) groups is 1. The minimum Gasteiger partial charge on any atom is -0.454 e. The molecule has 2 aromatic rings. The van der Waals surface area contributed by atoms with E-state index in [9.17, 15) is 4.79 Å². The molecule has 0 spiro atoms. The second-order valence-corrected chi connectivity index (χ2v) is 7.27. The molecule has 1 aromatic carbocycles. The standard InChI is InChI=1S/C17H22N4O3S/c1-10(2)15-14(25-20-19-15)8-18-17(22)16(21(3)4)11-5-6-12-13(7-11)24-9-23-12/h5-7,10,16H,8-9H2,1-4H3,(H,18,22)/t16-/m1/s1. The molecule has 3 rings (SSSR count). The van der Waals surface area contributed by atoms with Gasteiger partial charge in [-0.3, -0.25) is 9.69 Å². The summed E-state index contributed by atoms with van der Waals surface area (Å²) in [5.41, 5.74) is 1.80. The minimum atomic E-state index is -0.419. The Kier molecular flexibility index (Phi) is 5.19. The third kappa shape index (κ3) is 3.74. The maximum Gasteiger partial charge on any atom is 0.242 e. The first-order chi connectivity index (χ1) is 12.0. The molecule has 1 aliphatic heterocycles. The Labute approximate surface area is 151 Å². The number of nitrogens with one attached hydrogen (secondary N) is 1. The van der Waals surface area contributed by atoms with Gasteiger partial charge in [-0.05, 0) is 49.2 Å². The maximum absolute atomic E-state index is 12.8. The van der Waals surface area contributed by atoms with Crippen LogP contribution in [0.1, 0.15) is 41.9 Å². The zero-order chi connectivity index (χ0) is 18.0. The van der Waals surface area contributed by atoms with Gasteiger partial charge in [0.05, 0.1) is 17.1 Å². The van der Waals surface area contributed by atoms with E-state index >= 15 is 0 Å². The van der Waals surface area contributed by atoms with Gasteiger partial charge < -0.3 is 14.8 Å². The monoisotopic (exact) mass is 362 g/mol. The van der Waals surface area contributed by atoms with Crippen LogP contribution in [0.3, 0.4) is 0 Å². The molecule has 1 atom stereocenters. The molecule has 8 heteroatoms. The van der Waals surface area contributed by atoms with Crippen LogP contribution >= 0.6 is 11.5 Å². The second kappa shape index (κ2) is 7.37. The van der Waals surface area contributed by atoms with Crippen LogP contribution in [0, 0.1) is 0 Å². The van der Waals surface area contributed by atoms with Crippen LogP contribution < -0.4 is 14.8 Å². The molecular formula is C17H22N4O3S. The number of aromatic nitrogens is 2. The van der Waals surface area contributed by atoms with Crippen molar-refractivity contribution in [3.63, 3.8) is 0 Å². The van der Waals surface area contributed by atoms with E-state index in [2.05, 4.69) is 28.8 Å². The first kappa shape index (κ1) is 17.6. The highest BCUT2D eigenvalue weighted by Crippen LogP contribution is 2.35. The molecule has 1 amide bonds. The molecule has 0 bridgehead atoms. The number of nitrogens with zero attached hydrogens (tertiary/aromatic N) is 3. The van der Waals surface area contributed by atoms with Gasteiger partial charge in [-0.1, -0.05) is 24.4 Å². The lowest BCUT2D eigenvalue weighted by Gasteiger charge is -2.24. The van der Waals surface area contributed by atoms with Gasteiger partial charge in [-0.25, -0.2) is 0 Å². The first-order valence-electron chi connectivity index (χ1n) is 8.12. The van der Waals surface area contributed by atoms with Gasteiger partial charge in [0, 0.05) is 0 Å². The molecule has 0 unspecified atom stereocenters. The highest BCUT2D eigenvalue weighted by Gasteiger charge is 2.26. The molecule has 2 heterocycles. The zero-order valence-electron chi connectivity index (χ0n) is 14.8. The summed E-state index contributed by atoms with van der Waals surface area (Å²) in [6, 6.07) is 5.18. The molecule has 0 aliphatic carbocycles. The number of rotatable bonds is 6. The van der Waals surface area contributed by atoms with Crippen molar-refractivity contribution in [3.8, 4) is 11.5 Å². The lowest BCUT2D eigenvalue weighted by Crippen LogP contribution is -2.36. The van der Waals surface area contributed by atoms with Gasteiger partial charge in [0.2, 0.25) is 12.7 Å². The highest BCUT2D eigenvalue weighted by atomic mass is 32.1. The van der Waals surface area contributed by atoms with Crippen LogP contribution in [-0.2, 0) is 11.3 Å². The molecule has 0 radical (unpaired) electrons. The Balaban J connectivity index is 1.74. The summed E-state index contributed by atoms with van der Waals surface area (Å²) >= 11 is 1.33. The summed E-state index contributed by atoms with van der Waals surface area (Å²) in [6.07, 6.45) is 0. The van der Waals surface area contributed by atoms with Crippen LogP contribution in [0.2, 0.25) is 0 Å². The van der Waals surface area contributed by atoms with E-state index in [4.69, 9.17) is 9.47 Å². The van der Waals surface area contributed by atoms with Crippen molar-refractivity contribution in [3.05, 3.63) is 34.3 Å². The summed E-state index contributed by atoms with van der Waals surface area (Å²) < 4.78 is 14.8. The topological polar surface area (TPSA) is 76.6 Å². The first-order valence-corrected chi connectivity index (χ1v) is 8.89. The third-order valence-electron chi connectivity index (χ3n) is 4.03. The smallest absolute Gasteiger partial charge is 0.242 e. The van der Waals surface area contributed by atoms with Gasteiger partial charge >= 0.3 is 0 Å². The van der Waals surface area contributed by atoms with Crippen molar-refractivity contribution < 1.29 is 14.3 Å². The van der Waals surface area contributed by atoms with Crippen LogP contribution in [-0.4, -0.2) is 41.3 Å². The maximum atomic E-state index is 12.8. The minimum absolute atomic E-state index is 0.0769. The SMILES string of the molecule is CC(C)c1nnsc1CNC(=O)[C@@H](c1ccc2c(c1)OCO2)N(C)C. The van der Waals surface area contributed by atoms with E-state index in [1.807, 2.05) is 37.2 Å². The van der Waals surface area contributed by atoms with E-state index in [0.29, 0.717) is 18.0 Å². The van der Waals surface area contributed by atoms with Crippen LogP contribution in [0.15, 0.2) is 18.2 Å². The fourth-order valence-electron chi connectivity index (χ4n) is 2.81. The van der Waals surface area contributed by atoms with Gasteiger partial charge in [0.15, 0.2) is 11.5 Å². The number of amides is 1. The molecule has 1 aliphatic rings. The lowest BCUT2D eigenvalue weighted by molar-refractivity contribution is -0.125. The van der Waals surface area contributed by atoms with Crippen molar-refractivity contribution in [2.75, 3.05) is 20.9 Å². The van der Waals surface area contributed by atoms with Crippen molar-refractivity contribution in [1.29, 1.82) is 0 Å². The number of benzene rings is 1. The van der Waals surface area contributed by atoms with Crippen molar-refractivity contribution >= 4 is 17.4 Å². The second-order valence-electron chi connectivity index (χ2n) is 6.43. The van der Waals surface area contributed by atoms with Crippen molar-refractivity contribution in [1.82, 2.24) is 19.8 Å².